The lowest BCUT2D eigenvalue weighted by atomic mass is 10.2. The lowest BCUT2D eigenvalue weighted by molar-refractivity contribution is -0.118. The maximum Gasteiger partial charge on any atom is 0.149 e. The normalized spacial score (nSPS) is 22.1. The van der Waals surface area contributed by atoms with Gasteiger partial charge in [-0.15, -0.1) is 10.2 Å². The zero-order valence-corrected chi connectivity index (χ0v) is 9.18. The fourth-order valence-corrected chi connectivity index (χ4v) is 2.19. The molecule has 2 heterocycles. The Bertz CT molecular complexity index is 360. The molecule has 1 saturated heterocycles. The molecule has 1 atom stereocenters. The molecule has 15 heavy (non-hydrogen) atoms. The van der Waals surface area contributed by atoms with Crippen LogP contribution in [-0.4, -0.2) is 38.5 Å². The molecule has 0 aromatic carbocycles. The smallest absolute Gasteiger partial charge is 0.149 e. The van der Waals surface area contributed by atoms with Crippen molar-refractivity contribution in [1.29, 1.82) is 0 Å². The molecule has 0 spiro atoms. The second-order valence-corrected chi connectivity index (χ2v) is 4.13. The van der Waals surface area contributed by atoms with Gasteiger partial charge >= 0.3 is 0 Å². The molecule has 0 radical (unpaired) electrons. The van der Waals surface area contributed by atoms with Gasteiger partial charge in [0.2, 0.25) is 0 Å². The lowest BCUT2D eigenvalue weighted by Gasteiger charge is -2.21. The number of hydrogen-bond acceptors (Lipinski definition) is 4. The zero-order valence-electron chi connectivity index (χ0n) is 9.18. The Morgan fingerprint density at radius 3 is 3.07 bits per heavy atom. The molecule has 5 heteroatoms. The maximum atomic E-state index is 11.1. The minimum Gasteiger partial charge on any atom is -0.319 e. The van der Waals surface area contributed by atoms with Crippen molar-refractivity contribution in [3.63, 3.8) is 0 Å². The summed E-state index contributed by atoms with van der Waals surface area (Å²) in [6.45, 7) is 3.14. The highest BCUT2D eigenvalue weighted by atomic mass is 16.1. The van der Waals surface area contributed by atoms with Crippen LogP contribution in [0.5, 0.6) is 0 Å². The minimum atomic E-state index is 0.212. The molecule has 1 unspecified atom stereocenters. The number of carbonyl (C=O) groups excluding carboxylic acids is 1. The van der Waals surface area contributed by atoms with E-state index in [-0.39, 0.29) is 11.8 Å². The topological polar surface area (TPSA) is 51.0 Å². The maximum absolute atomic E-state index is 11.1. The van der Waals surface area contributed by atoms with E-state index in [9.17, 15) is 4.79 Å². The van der Waals surface area contributed by atoms with E-state index < -0.39 is 0 Å². The number of aryl methyl sites for hydroxylation is 1. The van der Waals surface area contributed by atoms with Gasteiger partial charge in [-0.3, -0.25) is 9.69 Å². The van der Waals surface area contributed by atoms with E-state index in [1.54, 1.807) is 13.3 Å². The zero-order chi connectivity index (χ0) is 10.8. The summed E-state index contributed by atoms with van der Waals surface area (Å²) in [5, 5.41) is 8.00. The predicted octanol–water partition coefficient (Wildman–Crippen LogP) is 0.541. The van der Waals surface area contributed by atoms with Crippen LogP contribution in [0.15, 0.2) is 6.33 Å². The van der Waals surface area contributed by atoms with Crippen molar-refractivity contribution < 1.29 is 4.79 Å². The SMILES string of the molecule is CC(=O)CN1CCCC1c1nncn1C. The number of hydrogen-bond donors (Lipinski definition) is 0. The average molecular weight is 208 g/mol. The third-order valence-electron chi connectivity index (χ3n) is 2.83. The quantitative estimate of drug-likeness (QED) is 0.727. The molecule has 0 bridgehead atoms. The van der Waals surface area contributed by atoms with Crippen LogP contribution in [0, 0.1) is 0 Å². The van der Waals surface area contributed by atoms with E-state index in [0.717, 1.165) is 25.2 Å². The molecular weight excluding hydrogens is 192 g/mol. The van der Waals surface area contributed by atoms with Crippen molar-refractivity contribution in [3.8, 4) is 0 Å². The highest BCUT2D eigenvalue weighted by molar-refractivity contribution is 5.77. The van der Waals surface area contributed by atoms with Gasteiger partial charge in [-0.05, 0) is 26.3 Å². The summed E-state index contributed by atoms with van der Waals surface area (Å²) in [7, 11) is 1.94. The molecule has 0 amide bonds. The van der Waals surface area contributed by atoms with Crippen LogP contribution >= 0.6 is 0 Å². The van der Waals surface area contributed by atoms with E-state index in [1.165, 1.54) is 0 Å². The second kappa shape index (κ2) is 4.10. The van der Waals surface area contributed by atoms with Gasteiger partial charge in [0.1, 0.15) is 17.9 Å². The highest BCUT2D eigenvalue weighted by Gasteiger charge is 2.29. The summed E-state index contributed by atoms with van der Waals surface area (Å²) < 4.78 is 1.93. The fourth-order valence-electron chi connectivity index (χ4n) is 2.19. The van der Waals surface area contributed by atoms with E-state index in [4.69, 9.17) is 0 Å². The number of rotatable bonds is 3. The van der Waals surface area contributed by atoms with Gasteiger partial charge in [0.25, 0.3) is 0 Å². The third-order valence-corrected chi connectivity index (χ3v) is 2.83. The van der Waals surface area contributed by atoms with Crippen LogP contribution in [0.4, 0.5) is 0 Å². The van der Waals surface area contributed by atoms with Gasteiger partial charge in [-0.1, -0.05) is 0 Å². The van der Waals surface area contributed by atoms with Crippen molar-refractivity contribution in [3.05, 3.63) is 12.2 Å². The highest BCUT2D eigenvalue weighted by Crippen LogP contribution is 2.29. The summed E-state index contributed by atoms with van der Waals surface area (Å²) in [5.74, 6) is 1.18. The molecule has 1 fully saturated rings. The number of carbonyl (C=O) groups is 1. The van der Waals surface area contributed by atoms with E-state index >= 15 is 0 Å². The van der Waals surface area contributed by atoms with Crippen LogP contribution in [0.1, 0.15) is 31.6 Å². The van der Waals surface area contributed by atoms with Crippen molar-refractivity contribution in [2.75, 3.05) is 13.1 Å². The summed E-state index contributed by atoms with van der Waals surface area (Å²) in [4.78, 5) is 13.3. The number of ketones is 1. The van der Waals surface area contributed by atoms with Gasteiger partial charge in [0.05, 0.1) is 12.6 Å². The fraction of sp³-hybridized carbons (Fsp3) is 0.700. The Morgan fingerprint density at radius 1 is 1.67 bits per heavy atom. The average Bonchev–Trinajstić information content (AvgIpc) is 2.73. The first kappa shape index (κ1) is 10.3. The minimum absolute atomic E-state index is 0.212. The molecule has 82 valence electrons. The van der Waals surface area contributed by atoms with Crippen LogP contribution in [0.3, 0.4) is 0 Å². The molecule has 1 aliphatic rings. The molecule has 1 aromatic rings. The molecule has 0 saturated carbocycles. The Hall–Kier alpha value is -1.23. The summed E-state index contributed by atoms with van der Waals surface area (Å²) in [6, 6.07) is 0.265. The number of aromatic nitrogens is 3. The standard InChI is InChI=1S/C10H16N4O/c1-8(15)6-14-5-3-4-9(14)10-12-11-7-13(10)2/h7,9H,3-6H2,1-2H3. The third kappa shape index (κ3) is 2.07. The number of likely N-dealkylation sites (tertiary alicyclic amines) is 1. The Morgan fingerprint density at radius 2 is 2.47 bits per heavy atom. The largest absolute Gasteiger partial charge is 0.319 e. The summed E-state index contributed by atoms with van der Waals surface area (Å²) >= 11 is 0. The first-order valence-corrected chi connectivity index (χ1v) is 5.26. The second-order valence-electron chi connectivity index (χ2n) is 4.13. The number of nitrogens with zero attached hydrogens (tertiary/aromatic N) is 4. The molecule has 0 N–H and O–H groups in total. The molecule has 5 nitrogen and oxygen atoms in total. The molecule has 0 aliphatic carbocycles. The van der Waals surface area contributed by atoms with Gasteiger partial charge in [0, 0.05) is 7.05 Å². The Balaban J connectivity index is 2.14. The van der Waals surface area contributed by atoms with E-state index in [0.29, 0.717) is 6.54 Å². The van der Waals surface area contributed by atoms with Crippen molar-refractivity contribution in [2.24, 2.45) is 7.05 Å². The molecule has 2 rings (SSSR count). The molecule has 1 aromatic heterocycles. The van der Waals surface area contributed by atoms with Crippen LogP contribution < -0.4 is 0 Å². The van der Waals surface area contributed by atoms with E-state index in [1.807, 2.05) is 11.6 Å². The van der Waals surface area contributed by atoms with Crippen molar-refractivity contribution in [1.82, 2.24) is 19.7 Å². The van der Waals surface area contributed by atoms with Gasteiger partial charge < -0.3 is 4.57 Å². The predicted molar refractivity (Wildman–Crippen MR) is 55.2 cm³/mol. The Labute approximate surface area is 89.1 Å². The van der Waals surface area contributed by atoms with Gasteiger partial charge in [-0.2, -0.15) is 0 Å². The summed E-state index contributed by atoms with van der Waals surface area (Å²) in [6.07, 6.45) is 3.91. The van der Waals surface area contributed by atoms with Crippen LogP contribution in [0.2, 0.25) is 0 Å². The van der Waals surface area contributed by atoms with Crippen molar-refractivity contribution in [2.45, 2.75) is 25.8 Å². The van der Waals surface area contributed by atoms with Gasteiger partial charge in [-0.25, -0.2) is 0 Å². The van der Waals surface area contributed by atoms with Crippen LogP contribution in [0.25, 0.3) is 0 Å². The van der Waals surface area contributed by atoms with Crippen LogP contribution in [-0.2, 0) is 11.8 Å². The first-order valence-electron chi connectivity index (χ1n) is 5.26. The first-order chi connectivity index (χ1) is 7.18. The number of Topliss-reactive ketones (excluding diaryl/α,β-unsaturated/α-hetero) is 1. The van der Waals surface area contributed by atoms with Gasteiger partial charge in [0.15, 0.2) is 0 Å². The Kier molecular flexibility index (Phi) is 2.81. The van der Waals surface area contributed by atoms with E-state index in [2.05, 4.69) is 15.1 Å². The monoisotopic (exact) mass is 208 g/mol. The molecular formula is C10H16N4O. The van der Waals surface area contributed by atoms with Crippen molar-refractivity contribution >= 4 is 5.78 Å². The lowest BCUT2D eigenvalue weighted by Crippen LogP contribution is -2.29. The summed E-state index contributed by atoms with van der Waals surface area (Å²) in [5.41, 5.74) is 0. The molecule has 1 aliphatic heterocycles.